The van der Waals surface area contributed by atoms with Crippen LogP contribution in [0.15, 0.2) is 23.2 Å². The molecule has 0 aliphatic carbocycles. The summed E-state index contributed by atoms with van der Waals surface area (Å²) >= 11 is 13.6. The van der Waals surface area contributed by atoms with Crippen LogP contribution in [0.5, 0.6) is 0 Å². The average molecular weight is 290 g/mol. The largest absolute Gasteiger partial charge is 0.352 e. The minimum atomic E-state index is 0.665. The third-order valence-electron chi connectivity index (χ3n) is 2.34. The van der Waals surface area contributed by atoms with Crippen LogP contribution in [0.25, 0.3) is 0 Å². The summed E-state index contributed by atoms with van der Waals surface area (Å²) < 4.78 is 0. The quantitative estimate of drug-likeness (QED) is 0.907. The van der Waals surface area contributed by atoms with E-state index in [-0.39, 0.29) is 0 Å². The molecule has 0 atom stereocenters. The van der Waals surface area contributed by atoms with Crippen LogP contribution >= 0.6 is 35.0 Å². The van der Waals surface area contributed by atoms with Crippen LogP contribution < -0.4 is 5.32 Å². The van der Waals surface area contributed by atoms with Gasteiger partial charge in [-0.05, 0) is 24.7 Å². The predicted molar refractivity (Wildman–Crippen MR) is 75.8 cm³/mol. The van der Waals surface area contributed by atoms with E-state index in [2.05, 4.69) is 15.2 Å². The standard InChI is InChI=1S/C11H13Cl2N3S/c1-16-6-14-11(15-7-16)17-5-8-2-3-9(12)4-10(8)13/h2-4H,5-7H2,1H3,(H,14,15). The van der Waals surface area contributed by atoms with Gasteiger partial charge < -0.3 is 5.32 Å². The van der Waals surface area contributed by atoms with Gasteiger partial charge >= 0.3 is 0 Å². The molecule has 0 amide bonds. The van der Waals surface area contributed by atoms with Crippen LogP contribution in [0, 0.1) is 0 Å². The predicted octanol–water partition coefficient (Wildman–Crippen LogP) is 3.03. The molecule has 17 heavy (non-hydrogen) atoms. The molecular weight excluding hydrogens is 277 g/mol. The third-order valence-corrected chi connectivity index (χ3v) is 3.92. The maximum absolute atomic E-state index is 6.10. The first-order valence-corrected chi connectivity index (χ1v) is 6.93. The zero-order valence-electron chi connectivity index (χ0n) is 9.41. The lowest BCUT2D eigenvalue weighted by atomic mass is 10.2. The van der Waals surface area contributed by atoms with Gasteiger partial charge in [-0.2, -0.15) is 0 Å². The van der Waals surface area contributed by atoms with Crippen LogP contribution in [0.2, 0.25) is 10.0 Å². The number of hydrogen-bond donors (Lipinski definition) is 1. The summed E-state index contributed by atoms with van der Waals surface area (Å²) in [5.41, 5.74) is 1.07. The molecule has 2 rings (SSSR count). The Hall–Kier alpha value is -0.420. The van der Waals surface area contributed by atoms with Crippen LogP contribution in [-0.2, 0) is 5.75 Å². The van der Waals surface area contributed by atoms with E-state index in [4.69, 9.17) is 23.2 Å². The minimum absolute atomic E-state index is 0.665. The van der Waals surface area contributed by atoms with Gasteiger partial charge in [0.25, 0.3) is 0 Å². The van der Waals surface area contributed by atoms with Gasteiger partial charge in [0, 0.05) is 15.8 Å². The molecule has 0 radical (unpaired) electrons. The van der Waals surface area contributed by atoms with Crippen molar-refractivity contribution in [1.82, 2.24) is 10.2 Å². The SMILES string of the molecule is CN1CN=C(SCc2ccc(Cl)cc2Cl)NC1. The van der Waals surface area contributed by atoms with Gasteiger partial charge in [-0.15, -0.1) is 0 Å². The van der Waals surface area contributed by atoms with E-state index < -0.39 is 0 Å². The summed E-state index contributed by atoms with van der Waals surface area (Å²) in [6.45, 7) is 1.57. The van der Waals surface area contributed by atoms with Crippen molar-refractivity contribution < 1.29 is 0 Å². The highest BCUT2D eigenvalue weighted by atomic mass is 35.5. The molecule has 0 spiro atoms. The van der Waals surface area contributed by atoms with Crippen molar-refractivity contribution in [3.05, 3.63) is 33.8 Å². The Labute approximate surface area is 115 Å². The van der Waals surface area contributed by atoms with Crippen molar-refractivity contribution in [2.75, 3.05) is 20.4 Å². The maximum Gasteiger partial charge on any atom is 0.159 e. The molecular formula is C11H13Cl2N3S. The Kier molecular flexibility index (Phi) is 4.56. The molecule has 0 aromatic heterocycles. The molecule has 0 unspecified atom stereocenters. The average Bonchev–Trinajstić information content (AvgIpc) is 2.30. The molecule has 1 heterocycles. The van der Waals surface area contributed by atoms with Crippen molar-refractivity contribution in [2.24, 2.45) is 4.99 Å². The van der Waals surface area contributed by atoms with E-state index in [1.807, 2.05) is 19.2 Å². The van der Waals surface area contributed by atoms with Crippen molar-refractivity contribution in [1.29, 1.82) is 0 Å². The topological polar surface area (TPSA) is 27.6 Å². The van der Waals surface area contributed by atoms with Crippen LogP contribution in [0.3, 0.4) is 0 Å². The second-order valence-corrected chi connectivity index (χ2v) is 5.63. The van der Waals surface area contributed by atoms with Crippen molar-refractivity contribution in [2.45, 2.75) is 5.75 Å². The number of benzene rings is 1. The number of rotatable bonds is 2. The smallest absolute Gasteiger partial charge is 0.159 e. The highest BCUT2D eigenvalue weighted by Crippen LogP contribution is 2.25. The van der Waals surface area contributed by atoms with Crippen molar-refractivity contribution >= 4 is 40.1 Å². The summed E-state index contributed by atoms with van der Waals surface area (Å²) in [4.78, 5) is 6.49. The van der Waals surface area contributed by atoms with E-state index >= 15 is 0 Å². The molecule has 0 fully saturated rings. The zero-order valence-corrected chi connectivity index (χ0v) is 11.7. The van der Waals surface area contributed by atoms with E-state index in [9.17, 15) is 0 Å². The lowest BCUT2D eigenvalue weighted by Crippen LogP contribution is -2.39. The lowest BCUT2D eigenvalue weighted by molar-refractivity contribution is 0.326. The van der Waals surface area contributed by atoms with Crippen LogP contribution in [0.4, 0.5) is 0 Å². The molecule has 0 bridgehead atoms. The number of thioether (sulfide) groups is 1. The molecule has 0 saturated heterocycles. The summed E-state index contributed by atoms with van der Waals surface area (Å²) in [5.74, 6) is 0.797. The van der Waals surface area contributed by atoms with Crippen molar-refractivity contribution in [3.8, 4) is 0 Å². The highest BCUT2D eigenvalue weighted by molar-refractivity contribution is 8.13. The number of halogens is 2. The first kappa shape index (κ1) is 13.0. The Morgan fingerprint density at radius 1 is 1.47 bits per heavy atom. The van der Waals surface area contributed by atoms with Gasteiger partial charge in [-0.1, -0.05) is 41.0 Å². The normalized spacial score (nSPS) is 16.5. The number of aliphatic imine (C=N–C) groups is 1. The van der Waals surface area contributed by atoms with E-state index in [0.29, 0.717) is 10.0 Å². The Morgan fingerprint density at radius 3 is 2.94 bits per heavy atom. The summed E-state index contributed by atoms with van der Waals surface area (Å²) in [5, 5.41) is 5.58. The second-order valence-electron chi connectivity index (χ2n) is 3.82. The van der Waals surface area contributed by atoms with Gasteiger partial charge in [0.1, 0.15) is 0 Å². The van der Waals surface area contributed by atoms with Gasteiger partial charge in [0.15, 0.2) is 5.17 Å². The summed E-state index contributed by atoms with van der Waals surface area (Å²) in [6.07, 6.45) is 0. The molecule has 6 heteroatoms. The van der Waals surface area contributed by atoms with E-state index in [0.717, 1.165) is 29.8 Å². The molecule has 1 aliphatic heterocycles. The molecule has 1 N–H and O–H groups in total. The second kappa shape index (κ2) is 5.96. The monoisotopic (exact) mass is 289 g/mol. The lowest BCUT2D eigenvalue weighted by Gasteiger charge is -2.22. The van der Waals surface area contributed by atoms with E-state index in [1.165, 1.54) is 0 Å². The molecule has 1 aliphatic rings. The molecule has 3 nitrogen and oxygen atoms in total. The minimum Gasteiger partial charge on any atom is -0.352 e. The zero-order chi connectivity index (χ0) is 12.3. The Morgan fingerprint density at radius 2 is 2.29 bits per heavy atom. The van der Waals surface area contributed by atoms with Crippen LogP contribution in [-0.4, -0.2) is 30.5 Å². The van der Waals surface area contributed by atoms with Crippen molar-refractivity contribution in [3.63, 3.8) is 0 Å². The Bertz CT molecular complexity index is 437. The molecule has 1 aromatic carbocycles. The van der Waals surface area contributed by atoms with Gasteiger partial charge in [0.2, 0.25) is 0 Å². The fraction of sp³-hybridized carbons (Fsp3) is 0.364. The number of amidine groups is 1. The summed E-state index contributed by atoms with van der Waals surface area (Å²) in [6, 6.07) is 5.57. The van der Waals surface area contributed by atoms with Gasteiger partial charge in [0.05, 0.1) is 13.3 Å². The fourth-order valence-electron chi connectivity index (χ4n) is 1.37. The number of nitrogens with one attached hydrogen (secondary N) is 1. The highest BCUT2D eigenvalue weighted by Gasteiger charge is 2.09. The first-order valence-electron chi connectivity index (χ1n) is 5.19. The molecule has 92 valence electrons. The molecule has 1 aromatic rings. The van der Waals surface area contributed by atoms with E-state index in [1.54, 1.807) is 17.8 Å². The number of hydrogen-bond acceptors (Lipinski definition) is 4. The first-order chi connectivity index (χ1) is 8.15. The van der Waals surface area contributed by atoms with Gasteiger partial charge in [-0.3, -0.25) is 4.90 Å². The maximum atomic E-state index is 6.10. The van der Waals surface area contributed by atoms with Crippen LogP contribution in [0.1, 0.15) is 5.56 Å². The third kappa shape index (κ3) is 3.78. The van der Waals surface area contributed by atoms with Gasteiger partial charge in [-0.25, -0.2) is 4.99 Å². The summed E-state index contributed by atoms with van der Waals surface area (Å²) in [7, 11) is 2.02. The fourth-order valence-corrected chi connectivity index (χ4v) is 2.79. The molecule has 0 saturated carbocycles. The Balaban J connectivity index is 1.94. The number of nitrogens with zero attached hydrogens (tertiary/aromatic N) is 2.